The summed E-state index contributed by atoms with van der Waals surface area (Å²) in [5, 5.41) is 49.7. The molecule has 1 fully saturated rings. The molecule has 1 saturated heterocycles. The summed E-state index contributed by atoms with van der Waals surface area (Å²) in [6, 6.07) is 5.37. The van der Waals surface area contributed by atoms with E-state index >= 15 is 0 Å². The highest BCUT2D eigenvalue weighted by molar-refractivity contribution is 5.95. The van der Waals surface area contributed by atoms with Crippen molar-refractivity contribution in [3.63, 3.8) is 0 Å². The molecule has 0 bridgehead atoms. The van der Waals surface area contributed by atoms with Crippen molar-refractivity contribution in [1.29, 1.82) is 0 Å². The molecule has 4 rings (SSSR count). The molecule has 0 unspecified atom stereocenters. The number of amides is 1. The molecule has 32 heavy (non-hydrogen) atoms. The third-order valence-electron chi connectivity index (χ3n) is 5.35. The van der Waals surface area contributed by atoms with Crippen LogP contribution in [0, 0.1) is 11.8 Å². The van der Waals surface area contributed by atoms with Gasteiger partial charge < -0.3 is 30.5 Å². The van der Waals surface area contributed by atoms with Crippen LogP contribution < -0.4 is 5.32 Å². The van der Waals surface area contributed by atoms with Gasteiger partial charge in [0.05, 0.1) is 29.4 Å². The highest BCUT2D eigenvalue weighted by Crippen LogP contribution is 2.27. The van der Waals surface area contributed by atoms with E-state index in [9.17, 15) is 25.2 Å². The van der Waals surface area contributed by atoms with Crippen molar-refractivity contribution in [2.45, 2.75) is 30.5 Å². The van der Waals surface area contributed by atoms with Gasteiger partial charge in [0.15, 0.2) is 0 Å². The summed E-state index contributed by atoms with van der Waals surface area (Å²) in [6.45, 7) is -0.530. The smallest absolute Gasteiger partial charge is 0.252 e. The summed E-state index contributed by atoms with van der Waals surface area (Å²) in [5.41, 5.74) is 3.05. The quantitative estimate of drug-likeness (QED) is 0.289. The van der Waals surface area contributed by atoms with Crippen LogP contribution in [0.5, 0.6) is 0 Å². The van der Waals surface area contributed by atoms with E-state index in [1.165, 1.54) is 6.20 Å². The van der Waals surface area contributed by atoms with Crippen molar-refractivity contribution in [2.75, 3.05) is 13.7 Å². The van der Waals surface area contributed by atoms with E-state index in [1.54, 1.807) is 31.6 Å². The van der Waals surface area contributed by atoms with E-state index in [4.69, 9.17) is 4.74 Å². The molecule has 166 valence electrons. The molecule has 1 amide bonds. The van der Waals surface area contributed by atoms with Crippen molar-refractivity contribution in [1.82, 2.24) is 20.5 Å². The number of nitrogens with zero attached hydrogens (tertiary/aromatic N) is 2. The largest absolute Gasteiger partial charge is 0.394 e. The maximum absolute atomic E-state index is 12.0. The summed E-state index contributed by atoms with van der Waals surface area (Å²) in [6.07, 6.45) is -1.83. The number of fused-ring (bicyclic) bond motifs is 1. The Labute approximate surface area is 182 Å². The van der Waals surface area contributed by atoms with Gasteiger partial charge in [-0.25, -0.2) is 0 Å². The number of benzene rings is 1. The zero-order chi connectivity index (χ0) is 22.8. The average Bonchev–Trinajstić information content (AvgIpc) is 3.30. The Kier molecular flexibility index (Phi) is 6.18. The first kappa shape index (κ1) is 21.9. The van der Waals surface area contributed by atoms with Gasteiger partial charge in [0.1, 0.15) is 30.5 Å². The number of aliphatic hydroxyl groups is 4. The van der Waals surface area contributed by atoms with Crippen LogP contribution in [0.25, 0.3) is 22.0 Å². The van der Waals surface area contributed by atoms with Crippen LogP contribution in [-0.4, -0.2) is 85.7 Å². The lowest BCUT2D eigenvalue weighted by Gasteiger charge is -2.37. The van der Waals surface area contributed by atoms with Crippen LogP contribution in [0.15, 0.2) is 36.8 Å². The molecule has 1 aliphatic heterocycles. The minimum atomic E-state index is -1.50. The standard InChI is InChI=1S/C22H22N4O6/c1-23-22(31)15-6-13(7-24-8-15)12-4-11(18-14(5-12)9-25-26-18)2-3-16-19(28)21(30)20(29)17(10-27)32-16/h4-9,16-17,19-21,27-30H,10H2,1H3,(H,23,31)(H,25,26)/t16-,17-,19-,20-,21-/m1/s1. The van der Waals surface area contributed by atoms with Crippen LogP contribution in [-0.2, 0) is 4.74 Å². The molecule has 3 aromatic rings. The maximum atomic E-state index is 12.0. The van der Waals surface area contributed by atoms with E-state index in [0.717, 1.165) is 10.9 Å². The number of nitrogens with one attached hydrogen (secondary N) is 2. The molecule has 0 saturated carbocycles. The second-order valence-corrected chi connectivity index (χ2v) is 7.42. The number of carbonyl (C=O) groups excluding carboxylic acids is 1. The molecule has 3 heterocycles. The monoisotopic (exact) mass is 438 g/mol. The summed E-state index contributed by atoms with van der Waals surface area (Å²) in [5.74, 6) is 5.44. The van der Waals surface area contributed by atoms with Crippen molar-refractivity contribution in [3.8, 4) is 23.0 Å². The molecule has 1 aromatic carbocycles. The van der Waals surface area contributed by atoms with Crippen LogP contribution in [0.3, 0.4) is 0 Å². The molecule has 0 aliphatic carbocycles. The lowest BCUT2D eigenvalue weighted by Crippen LogP contribution is -2.58. The molecular formula is C22H22N4O6. The number of hydrogen-bond acceptors (Lipinski definition) is 8. The van der Waals surface area contributed by atoms with E-state index in [1.807, 2.05) is 6.07 Å². The highest BCUT2D eigenvalue weighted by Gasteiger charge is 2.42. The van der Waals surface area contributed by atoms with Gasteiger partial charge in [-0.1, -0.05) is 11.8 Å². The van der Waals surface area contributed by atoms with Gasteiger partial charge in [-0.3, -0.25) is 14.9 Å². The van der Waals surface area contributed by atoms with Crippen molar-refractivity contribution >= 4 is 16.8 Å². The van der Waals surface area contributed by atoms with Gasteiger partial charge in [0.25, 0.3) is 5.91 Å². The number of aromatic nitrogens is 3. The zero-order valence-electron chi connectivity index (χ0n) is 17.1. The third kappa shape index (κ3) is 4.08. The van der Waals surface area contributed by atoms with Crippen molar-refractivity contribution in [2.24, 2.45) is 0 Å². The molecule has 10 heteroatoms. The van der Waals surface area contributed by atoms with E-state index < -0.39 is 37.1 Å². The number of aromatic amines is 1. The number of rotatable bonds is 3. The number of pyridine rings is 1. The zero-order valence-corrected chi connectivity index (χ0v) is 17.1. The molecule has 2 aromatic heterocycles. The van der Waals surface area contributed by atoms with Gasteiger partial charge in [0.2, 0.25) is 0 Å². The lowest BCUT2D eigenvalue weighted by molar-refractivity contribution is -0.214. The molecule has 1 aliphatic rings. The average molecular weight is 438 g/mol. The minimum absolute atomic E-state index is 0.258. The minimum Gasteiger partial charge on any atom is -0.394 e. The summed E-state index contributed by atoms with van der Waals surface area (Å²) in [7, 11) is 1.54. The first-order valence-corrected chi connectivity index (χ1v) is 9.89. The number of hydrogen-bond donors (Lipinski definition) is 6. The van der Waals surface area contributed by atoms with Crippen LogP contribution in [0.2, 0.25) is 0 Å². The lowest BCUT2D eigenvalue weighted by atomic mass is 9.95. The normalized spacial score (nSPS) is 25.2. The maximum Gasteiger partial charge on any atom is 0.252 e. The Balaban J connectivity index is 1.72. The van der Waals surface area contributed by atoms with Crippen molar-refractivity contribution < 1.29 is 30.0 Å². The number of aliphatic hydroxyl groups excluding tert-OH is 4. The van der Waals surface area contributed by atoms with Gasteiger partial charge >= 0.3 is 0 Å². The van der Waals surface area contributed by atoms with Gasteiger partial charge in [-0.15, -0.1) is 0 Å². The van der Waals surface area contributed by atoms with E-state index in [-0.39, 0.29) is 5.91 Å². The Morgan fingerprint density at radius 2 is 1.94 bits per heavy atom. The SMILES string of the molecule is CNC(=O)c1cncc(-c2cc(C#C[C@H]3O[C@H](CO)[C@@H](O)[C@H](O)[C@@H]3O)c3[nH]ncc3c2)c1. The number of ether oxygens (including phenoxy) is 1. The Bertz CT molecular complexity index is 1200. The molecule has 0 spiro atoms. The molecule has 6 N–H and O–H groups in total. The van der Waals surface area contributed by atoms with Gasteiger partial charge in [-0.2, -0.15) is 5.10 Å². The van der Waals surface area contributed by atoms with Crippen LogP contribution >= 0.6 is 0 Å². The molecule has 0 radical (unpaired) electrons. The fraction of sp³-hybridized carbons (Fsp3) is 0.318. The van der Waals surface area contributed by atoms with Crippen LogP contribution in [0.4, 0.5) is 0 Å². The van der Waals surface area contributed by atoms with Gasteiger partial charge in [-0.05, 0) is 23.8 Å². The third-order valence-corrected chi connectivity index (χ3v) is 5.35. The summed E-state index contributed by atoms with van der Waals surface area (Å²) < 4.78 is 5.45. The number of H-pyrrole nitrogens is 1. The first-order valence-electron chi connectivity index (χ1n) is 9.89. The molecule has 10 nitrogen and oxygen atoms in total. The second kappa shape index (κ2) is 9.04. The Morgan fingerprint density at radius 3 is 2.69 bits per heavy atom. The summed E-state index contributed by atoms with van der Waals surface area (Å²) >= 11 is 0. The van der Waals surface area contributed by atoms with E-state index in [2.05, 4.69) is 32.3 Å². The fourth-order valence-electron chi connectivity index (χ4n) is 3.56. The Morgan fingerprint density at radius 1 is 1.12 bits per heavy atom. The highest BCUT2D eigenvalue weighted by atomic mass is 16.5. The van der Waals surface area contributed by atoms with Crippen LogP contribution in [0.1, 0.15) is 15.9 Å². The summed E-state index contributed by atoms with van der Waals surface area (Å²) in [4.78, 5) is 16.1. The van der Waals surface area contributed by atoms with Gasteiger partial charge in [0, 0.05) is 30.4 Å². The fourth-order valence-corrected chi connectivity index (χ4v) is 3.56. The molecule has 5 atom stereocenters. The Hall–Kier alpha value is -3.33. The molecular weight excluding hydrogens is 416 g/mol. The topological polar surface area (TPSA) is 161 Å². The predicted molar refractivity (Wildman–Crippen MR) is 113 cm³/mol. The first-order chi connectivity index (χ1) is 15.4. The number of carbonyl (C=O) groups is 1. The predicted octanol–water partition coefficient (Wildman–Crippen LogP) is -0.822. The van der Waals surface area contributed by atoms with Crippen molar-refractivity contribution in [3.05, 3.63) is 47.9 Å². The second-order valence-electron chi connectivity index (χ2n) is 7.42. The van der Waals surface area contributed by atoms with E-state index in [0.29, 0.717) is 22.2 Å².